The first-order valence-electron chi connectivity index (χ1n) is 12.6. The monoisotopic (exact) mass is 527 g/mol. The van der Waals surface area contributed by atoms with Gasteiger partial charge in [-0.3, -0.25) is 0 Å². The highest BCUT2D eigenvalue weighted by atomic mass is 16.7. The second kappa shape index (κ2) is 11.6. The summed E-state index contributed by atoms with van der Waals surface area (Å²) < 4.78 is 22.1. The molecule has 0 radical (unpaired) electrons. The van der Waals surface area contributed by atoms with E-state index in [0.29, 0.717) is 11.5 Å². The van der Waals surface area contributed by atoms with Crippen LogP contribution in [-0.4, -0.2) is 44.0 Å². The number of nitrogens with one attached hydrogen (secondary N) is 1. The number of ether oxygens (including phenoxy) is 3. The number of carboxylic acids is 1. The lowest BCUT2D eigenvalue weighted by Crippen LogP contribution is -2.42. The largest absolute Gasteiger partial charge is 0.480 e. The molecule has 0 bridgehead atoms. The van der Waals surface area contributed by atoms with Gasteiger partial charge >= 0.3 is 12.1 Å². The number of rotatable bonds is 10. The predicted octanol–water partition coefficient (Wildman–Crippen LogP) is 5.77. The topological polar surface area (TPSA) is 107 Å². The maximum atomic E-state index is 12.7. The lowest BCUT2D eigenvalue weighted by atomic mass is 9.98. The second-order valence-electron chi connectivity index (χ2n) is 9.26. The highest BCUT2D eigenvalue weighted by Gasteiger charge is 2.30. The summed E-state index contributed by atoms with van der Waals surface area (Å²) in [5.74, 6) is -0.336. The molecule has 1 amide bonds. The summed E-state index contributed by atoms with van der Waals surface area (Å²) in [6, 6.07) is 25.7. The first-order valence-corrected chi connectivity index (χ1v) is 12.6. The fourth-order valence-electron chi connectivity index (χ4n) is 5.03. The van der Waals surface area contributed by atoms with Crippen molar-refractivity contribution in [1.82, 2.24) is 5.32 Å². The summed E-state index contributed by atoms with van der Waals surface area (Å²) >= 11 is 0. The Morgan fingerprint density at radius 2 is 1.56 bits per heavy atom. The molecular formula is C31H29NO7. The molecule has 8 heteroatoms. The molecule has 5 rings (SSSR count). The van der Waals surface area contributed by atoms with E-state index in [4.69, 9.17) is 18.6 Å². The van der Waals surface area contributed by atoms with E-state index in [1.807, 2.05) is 60.7 Å². The summed E-state index contributed by atoms with van der Waals surface area (Å²) in [5, 5.41) is 12.2. The van der Waals surface area contributed by atoms with Crippen molar-refractivity contribution in [3.05, 3.63) is 107 Å². The normalized spacial score (nSPS) is 13.1. The molecule has 200 valence electrons. The Morgan fingerprint density at radius 3 is 2.21 bits per heavy atom. The van der Waals surface area contributed by atoms with Gasteiger partial charge < -0.3 is 29.1 Å². The molecule has 0 aliphatic heterocycles. The summed E-state index contributed by atoms with van der Waals surface area (Å²) in [6.45, 7) is 0.0946. The Balaban J connectivity index is 1.23. The van der Waals surface area contributed by atoms with Gasteiger partial charge in [-0.25, -0.2) is 9.59 Å². The highest BCUT2D eigenvalue weighted by Crippen LogP contribution is 2.44. The first-order chi connectivity index (χ1) is 19.0. The number of carbonyl (C=O) groups excluding carboxylic acids is 1. The van der Waals surface area contributed by atoms with Crippen LogP contribution in [0.3, 0.4) is 0 Å². The second-order valence-corrected chi connectivity index (χ2v) is 9.26. The molecule has 0 saturated carbocycles. The molecule has 1 aromatic heterocycles. The fraction of sp³-hybridized carbons (Fsp3) is 0.226. The Bertz CT molecular complexity index is 1430. The Labute approximate surface area is 226 Å². The third kappa shape index (κ3) is 5.57. The van der Waals surface area contributed by atoms with Gasteiger partial charge in [0.15, 0.2) is 6.29 Å². The number of benzene rings is 3. The minimum Gasteiger partial charge on any atom is -0.480 e. The number of amides is 1. The van der Waals surface area contributed by atoms with E-state index in [1.54, 1.807) is 26.4 Å². The molecule has 8 nitrogen and oxygen atoms in total. The summed E-state index contributed by atoms with van der Waals surface area (Å²) in [7, 11) is 3.11. The van der Waals surface area contributed by atoms with Crippen molar-refractivity contribution in [2.24, 2.45) is 0 Å². The summed E-state index contributed by atoms with van der Waals surface area (Å²) in [4.78, 5) is 24.6. The zero-order valence-electron chi connectivity index (χ0n) is 21.6. The molecule has 2 N–H and O–H groups in total. The zero-order valence-corrected chi connectivity index (χ0v) is 21.6. The minimum absolute atomic E-state index is 0.0437. The van der Waals surface area contributed by atoms with Gasteiger partial charge in [-0.1, -0.05) is 66.7 Å². The third-order valence-electron chi connectivity index (χ3n) is 6.87. The van der Waals surface area contributed by atoms with Gasteiger partial charge in [0.05, 0.1) is 0 Å². The number of hydrogen-bond acceptors (Lipinski definition) is 6. The number of methoxy groups -OCH3 is 2. The van der Waals surface area contributed by atoms with Crippen LogP contribution in [0.2, 0.25) is 0 Å². The van der Waals surface area contributed by atoms with E-state index in [-0.39, 0.29) is 18.9 Å². The van der Waals surface area contributed by atoms with E-state index in [9.17, 15) is 14.7 Å². The lowest BCUT2D eigenvalue weighted by molar-refractivity contribution is -0.139. The molecule has 0 saturated heterocycles. The SMILES string of the molecule is COC(OC)c1cccc(-c2ccc(CC(NC(=O)OCC3c4ccccc4-c4ccccc43)C(=O)O)o2)c1. The van der Waals surface area contributed by atoms with E-state index in [0.717, 1.165) is 33.4 Å². The van der Waals surface area contributed by atoms with Gasteiger partial charge in [0, 0.05) is 37.7 Å². The molecule has 1 heterocycles. The number of carbonyl (C=O) groups is 2. The smallest absolute Gasteiger partial charge is 0.407 e. The standard InChI is InChI=1S/C31H29NO7/c1-36-30(37-2)20-9-7-8-19(16-20)28-15-14-21(39-28)17-27(29(33)34)32-31(35)38-18-26-24-12-5-3-10-22(24)23-11-4-6-13-25(23)26/h3-16,26-27,30H,17-18H2,1-2H3,(H,32,35)(H,33,34). The van der Waals surface area contributed by atoms with Crippen LogP contribution >= 0.6 is 0 Å². The van der Waals surface area contributed by atoms with Crippen molar-refractivity contribution >= 4 is 12.1 Å². The molecule has 3 aromatic carbocycles. The van der Waals surface area contributed by atoms with Gasteiger partial charge in [0.25, 0.3) is 0 Å². The fourth-order valence-corrected chi connectivity index (χ4v) is 5.03. The van der Waals surface area contributed by atoms with Crippen molar-refractivity contribution in [2.45, 2.75) is 24.7 Å². The lowest BCUT2D eigenvalue weighted by Gasteiger charge is -2.17. The molecule has 1 atom stereocenters. The minimum atomic E-state index is -1.22. The maximum absolute atomic E-state index is 12.7. The van der Waals surface area contributed by atoms with Crippen molar-refractivity contribution in [3.8, 4) is 22.5 Å². The first kappa shape index (κ1) is 26.2. The summed E-state index contributed by atoms with van der Waals surface area (Å²) in [6.07, 6.45) is -1.36. The van der Waals surface area contributed by atoms with Crippen LogP contribution < -0.4 is 5.32 Å². The van der Waals surface area contributed by atoms with Crippen LogP contribution in [0.5, 0.6) is 0 Å². The van der Waals surface area contributed by atoms with Crippen LogP contribution in [0.25, 0.3) is 22.5 Å². The Hall–Kier alpha value is -4.40. The molecular weight excluding hydrogens is 498 g/mol. The maximum Gasteiger partial charge on any atom is 0.407 e. The van der Waals surface area contributed by atoms with Crippen LogP contribution in [-0.2, 0) is 25.4 Å². The van der Waals surface area contributed by atoms with Crippen molar-refractivity contribution in [2.75, 3.05) is 20.8 Å². The average Bonchev–Trinajstić information content (AvgIpc) is 3.55. The predicted molar refractivity (Wildman–Crippen MR) is 144 cm³/mol. The Kier molecular flexibility index (Phi) is 7.76. The van der Waals surface area contributed by atoms with Crippen LogP contribution in [0, 0.1) is 0 Å². The zero-order chi connectivity index (χ0) is 27.4. The third-order valence-corrected chi connectivity index (χ3v) is 6.87. The van der Waals surface area contributed by atoms with Gasteiger partial charge in [-0.15, -0.1) is 0 Å². The molecule has 0 fully saturated rings. The van der Waals surface area contributed by atoms with Gasteiger partial charge in [0.1, 0.15) is 24.2 Å². The highest BCUT2D eigenvalue weighted by molar-refractivity contribution is 5.81. The van der Waals surface area contributed by atoms with Crippen molar-refractivity contribution in [3.63, 3.8) is 0 Å². The van der Waals surface area contributed by atoms with Crippen LogP contribution in [0.15, 0.2) is 89.3 Å². The quantitative estimate of drug-likeness (QED) is 0.252. The molecule has 1 aliphatic rings. The van der Waals surface area contributed by atoms with Gasteiger partial charge in [-0.2, -0.15) is 0 Å². The number of aliphatic carboxylic acids is 1. The average molecular weight is 528 g/mol. The Morgan fingerprint density at radius 1 is 0.897 bits per heavy atom. The van der Waals surface area contributed by atoms with Crippen LogP contribution in [0.4, 0.5) is 4.79 Å². The summed E-state index contributed by atoms with van der Waals surface area (Å²) in [5.41, 5.74) is 5.99. The van der Waals surface area contributed by atoms with E-state index in [1.165, 1.54) is 0 Å². The van der Waals surface area contributed by atoms with Crippen LogP contribution in [0.1, 0.15) is 34.7 Å². The van der Waals surface area contributed by atoms with Gasteiger partial charge in [0.2, 0.25) is 0 Å². The number of fused-ring (bicyclic) bond motifs is 3. The molecule has 39 heavy (non-hydrogen) atoms. The van der Waals surface area contributed by atoms with Crippen molar-refractivity contribution in [1.29, 1.82) is 0 Å². The van der Waals surface area contributed by atoms with E-state index in [2.05, 4.69) is 17.4 Å². The molecule has 0 spiro atoms. The van der Waals surface area contributed by atoms with Gasteiger partial charge in [-0.05, 0) is 40.5 Å². The number of carboxylic acid groups (broad SMARTS) is 1. The van der Waals surface area contributed by atoms with Crippen molar-refractivity contribution < 1.29 is 33.3 Å². The van der Waals surface area contributed by atoms with E-state index < -0.39 is 24.4 Å². The molecule has 1 aliphatic carbocycles. The number of alkyl carbamates (subject to hydrolysis) is 1. The van der Waals surface area contributed by atoms with E-state index >= 15 is 0 Å². The number of furan rings is 1. The molecule has 1 unspecified atom stereocenters. The number of hydrogen-bond donors (Lipinski definition) is 2. The molecule has 4 aromatic rings.